The van der Waals surface area contributed by atoms with Gasteiger partial charge in [-0.05, 0) is 30.3 Å². The largest absolute Gasteiger partial charge is 0.465 e. The van der Waals surface area contributed by atoms with Crippen LogP contribution in [0.15, 0.2) is 45.9 Å². The lowest BCUT2D eigenvalue weighted by molar-refractivity contribution is 0.0601. The Labute approximate surface area is 121 Å². The van der Waals surface area contributed by atoms with Crippen molar-refractivity contribution >= 4 is 21.7 Å². The molecule has 3 N–H and O–H groups in total. The van der Waals surface area contributed by atoms with E-state index in [0.29, 0.717) is 17.0 Å². The molecule has 0 saturated heterocycles. The van der Waals surface area contributed by atoms with Gasteiger partial charge in [-0.3, -0.25) is 0 Å². The quantitative estimate of drug-likeness (QED) is 0.806. The van der Waals surface area contributed by atoms with Gasteiger partial charge in [-0.2, -0.15) is 0 Å². The third-order valence-electron chi connectivity index (χ3n) is 2.67. The lowest BCUT2D eigenvalue weighted by Crippen LogP contribution is -2.10. The monoisotopic (exact) mass is 310 g/mol. The second-order valence-corrected chi connectivity index (χ2v) is 5.68. The predicted molar refractivity (Wildman–Crippen MR) is 75.2 cm³/mol. The summed E-state index contributed by atoms with van der Waals surface area (Å²) in [6.07, 6.45) is 0. The van der Waals surface area contributed by atoms with Crippen molar-refractivity contribution in [3.63, 3.8) is 0 Å². The van der Waals surface area contributed by atoms with Crippen LogP contribution in [0.5, 0.6) is 0 Å². The first-order valence-corrected chi connectivity index (χ1v) is 7.48. The van der Waals surface area contributed by atoms with Gasteiger partial charge in [-0.15, -0.1) is 0 Å². The Bertz CT molecular complexity index is 751. The van der Waals surface area contributed by atoms with Gasteiger partial charge >= 0.3 is 5.97 Å². The first-order valence-electron chi connectivity index (χ1n) is 5.94. The number of nitrogens with one attached hydrogen (secondary N) is 1. The Kier molecular flexibility index (Phi) is 4.29. The lowest BCUT2D eigenvalue weighted by Gasteiger charge is -2.06. The van der Waals surface area contributed by atoms with Crippen LogP contribution in [-0.4, -0.2) is 21.5 Å². The highest BCUT2D eigenvalue weighted by atomic mass is 32.2. The maximum atomic E-state index is 11.4. The summed E-state index contributed by atoms with van der Waals surface area (Å²) in [7, 11) is -2.54. The van der Waals surface area contributed by atoms with Crippen LogP contribution in [0.4, 0.5) is 5.69 Å². The highest BCUT2D eigenvalue weighted by Gasteiger charge is 2.13. The molecular formula is C13H14N2O5S. The molecule has 2 rings (SSSR count). The molecule has 1 heterocycles. The van der Waals surface area contributed by atoms with Gasteiger partial charge in [-0.1, -0.05) is 6.07 Å². The van der Waals surface area contributed by atoms with E-state index in [4.69, 9.17) is 9.56 Å². The zero-order chi connectivity index (χ0) is 15.5. The van der Waals surface area contributed by atoms with E-state index in [-0.39, 0.29) is 11.6 Å². The molecule has 0 bridgehead atoms. The summed E-state index contributed by atoms with van der Waals surface area (Å²) in [6, 6.07) is 9.51. The molecule has 7 nitrogen and oxygen atoms in total. The average molecular weight is 310 g/mol. The minimum absolute atomic E-state index is 0.250. The van der Waals surface area contributed by atoms with Crippen molar-refractivity contribution in [1.82, 2.24) is 0 Å². The standard InChI is InChI=1S/C13H14N2O5S/c1-19-13(16)9-3-2-4-10(7-9)15-8-11-5-6-12(20-11)21(14,17)18/h2-7,15H,8H2,1H3,(H2,14,17,18). The summed E-state index contributed by atoms with van der Waals surface area (Å²) in [5.41, 5.74) is 1.08. The van der Waals surface area contributed by atoms with Crippen molar-refractivity contribution in [3.8, 4) is 0 Å². The molecule has 8 heteroatoms. The van der Waals surface area contributed by atoms with Gasteiger partial charge in [0.1, 0.15) is 5.76 Å². The number of benzene rings is 1. The highest BCUT2D eigenvalue weighted by Crippen LogP contribution is 2.16. The molecule has 0 aliphatic rings. The van der Waals surface area contributed by atoms with E-state index in [9.17, 15) is 13.2 Å². The van der Waals surface area contributed by atoms with Gasteiger partial charge in [0.2, 0.25) is 5.09 Å². The molecular weight excluding hydrogens is 296 g/mol. The zero-order valence-corrected chi connectivity index (χ0v) is 12.0. The van der Waals surface area contributed by atoms with E-state index in [0.717, 1.165) is 0 Å². The SMILES string of the molecule is COC(=O)c1cccc(NCc2ccc(S(N)(=O)=O)o2)c1. The smallest absolute Gasteiger partial charge is 0.337 e. The van der Waals surface area contributed by atoms with Crippen LogP contribution in [0.2, 0.25) is 0 Å². The van der Waals surface area contributed by atoms with E-state index in [1.54, 1.807) is 24.3 Å². The van der Waals surface area contributed by atoms with Gasteiger partial charge < -0.3 is 14.5 Å². The molecule has 0 aliphatic heterocycles. The third kappa shape index (κ3) is 3.83. The number of rotatable bonds is 5. The van der Waals surface area contributed by atoms with Crippen LogP contribution in [0, 0.1) is 0 Å². The molecule has 0 radical (unpaired) electrons. The molecule has 0 atom stereocenters. The van der Waals surface area contributed by atoms with Crippen LogP contribution in [0.25, 0.3) is 0 Å². The molecule has 21 heavy (non-hydrogen) atoms. The molecule has 0 unspecified atom stereocenters. The van der Waals surface area contributed by atoms with Gasteiger partial charge in [0.25, 0.3) is 10.0 Å². The minimum atomic E-state index is -3.84. The maximum Gasteiger partial charge on any atom is 0.337 e. The van der Waals surface area contributed by atoms with Crippen molar-refractivity contribution in [3.05, 3.63) is 47.7 Å². The number of hydrogen-bond donors (Lipinski definition) is 2. The topological polar surface area (TPSA) is 112 Å². The van der Waals surface area contributed by atoms with Crippen LogP contribution in [0.1, 0.15) is 16.1 Å². The molecule has 0 saturated carbocycles. The Morgan fingerprint density at radius 3 is 2.71 bits per heavy atom. The van der Waals surface area contributed by atoms with Crippen LogP contribution in [-0.2, 0) is 21.3 Å². The third-order valence-corrected chi connectivity index (χ3v) is 3.45. The van der Waals surface area contributed by atoms with E-state index >= 15 is 0 Å². The summed E-state index contributed by atoms with van der Waals surface area (Å²) in [5, 5.41) is 7.67. The number of primary sulfonamides is 1. The Morgan fingerprint density at radius 1 is 1.33 bits per heavy atom. The number of ether oxygens (including phenoxy) is 1. The van der Waals surface area contributed by atoms with Crippen LogP contribution in [0.3, 0.4) is 0 Å². The van der Waals surface area contributed by atoms with E-state index in [1.807, 2.05) is 0 Å². The summed E-state index contributed by atoms with van der Waals surface area (Å²) < 4.78 is 31.9. The molecule has 1 aromatic carbocycles. The second kappa shape index (κ2) is 5.98. The van der Waals surface area contributed by atoms with Gasteiger partial charge in [-0.25, -0.2) is 18.4 Å². The van der Waals surface area contributed by atoms with Crippen molar-refractivity contribution in [2.24, 2.45) is 5.14 Å². The van der Waals surface area contributed by atoms with E-state index < -0.39 is 16.0 Å². The number of hydrogen-bond acceptors (Lipinski definition) is 6. The van der Waals surface area contributed by atoms with Gasteiger partial charge in [0.05, 0.1) is 19.2 Å². The molecule has 112 valence electrons. The average Bonchev–Trinajstić information content (AvgIpc) is 2.93. The summed E-state index contributed by atoms with van der Waals surface area (Å²) in [6.45, 7) is 0.250. The van der Waals surface area contributed by atoms with E-state index in [2.05, 4.69) is 10.1 Å². The molecule has 1 aromatic heterocycles. The number of carbonyl (C=O) groups excluding carboxylic acids is 1. The summed E-state index contributed by atoms with van der Waals surface area (Å²) in [4.78, 5) is 11.4. The fourth-order valence-electron chi connectivity index (χ4n) is 1.67. The molecule has 0 spiro atoms. The van der Waals surface area contributed by atoms with Crippen LogP contribution >= 0.6 is 0 Å². The normalized spacial score (nSPS) is 11.1. The van der Waals surface area contributed by atoms with Crippen LogP contribution < -0.4 is 10.5 Å². The Morgan fingerprint density at radius 2 is 2.10 bits per heavy atom. The lowest BCUT2D eigenvalue weighted by atomic mass is 10.2. The number of furan rings is 1. The van der Waals surface area contributed by atoms with Crippen molar-refractivity contribution in [2.75, 3.05) is 12.4 Å². The van der Waals surface area contributed by atoms with Crippen molar-refractivity contribution in [2.45, 2.75) is 11.6 Å². The zero-order valence-electron chi connectivity index (χ0n) is 11.2. The molecule has 0 aliphatic carbocycles. The molecule has 2 aromatic rings. The first kappa shape index (κ1) is 15.1. The van der Waals surface area contributed by atoms with Gasteiger partial charge in [0.15, 0.2) is 0 Å². The maximum absolute atomic E-state index is 11.4. The second-order valence-electron chi connectivity index (χ2n) is 4.19. The minimum Gasteiger partial charge on any atom is -0.465 e. The molecule has 0 fully saturated rings. The number of esters is 1. The number of anilines is 1. The first-order chi connectivity index (χ1) is 9.90. The fraction of sp³-hybridized carbons (Fsp3) is 0.154. The summed E-state index contributed by atoms with van der Waals surface area (Å²) in [5.74, 6) is -0.0318. The number of carbonyl (C=O) groups is 1. The van der Waals surface area contributed by atoms with Crippen molar-refractivity contribution in [1.29, 1.82) is 0 Å². The molecule has 0 amide bonds. The summed E-state index contributed by atoms with van der Waals surface area (Å²) >= 11 is 0. The predicted octanol–water partition coefficient (Wildman–Crippen LogP) is 1.33. The fourth-order valence-corrected chi connectivity index (χ4v) is 2.15. The highest BCUT2D eigenvalue weighted by molar-refractivity contribution is 7.89. The Hall–Kier alpha value is -2.32. The van der Waals surface area contributed by atoms with Gasteiger partial charge in [0, 0.05) is 5.69 Å². The van der Waals surface area contributed by atoms with Crippen molar-refractivity contribution < 1.29 is 22.4 Å². The van der Waals surface area contributed by atoms with E-state index in [1.165, 1.54) is 19.2 Å². The number of methoxy groups -OCH3 is 1. The Balaban J connectivity index is 2.06. The number of nitrogens with two attached hydrogens (primary N) is 1. The number of sulfonamides is 1.